The van der Waals surface area contributed by atoms with Gasteiger partial charge in [0.1, 0.15) is 4.90 Å². The van der Waals surface area contributed by atoms with Crippen LogP contribution in [0, 0.1) is 6.92 Å². The Hall–Kier alpha value is -0.580. The van der Waals surface area contributed by atoms with Crippen molar-refractivity contribution >= 4 is 21.6 Å². The molecule has 1 saturated heterocycles. The fraction of sp³-hybridized carbons (Fsp3) is 0.538. The maximum atomic E-state index is 12.5. The first kappa shape index (κ1) is 13.8. The molecule has 100 valence electrons. The summed E-state index contributed by atoms with van der Waals surface area (Å²) >= 11 is 6.07. The lowest BCUT2D eigenvalue weighted by Crippen LogP contribution is -2.32. The number of nitrogens with zero attached hydrogens (tertiary/aromatic N) is 1. The number of halogens is 1. The zero-order valence-corrected chi connectivity index (χ0v) is 12.1. The molecule has 1 aromatic rings. The fourth-order valence-corrected chi connectivity index (χ4v) is 4.33. The third-order valence-corrected chi connectivity index (χ3v) is 5.65. The predicted molar refractivity (Wildman–Crippen MR) is 73.4 cm³/mol. The van der Waals surface area contributed by atoms with E-state index in [1.807, 2.05) is 6.92 Å². The fourth-order valence-electron chi connectivity index (χ4n) is 2.24. The van der Waals surface area contributed by atoms with Gasteiger partial charge in [-0.15, -0.1) is 0 Å². The SMILES string of the molecule is Cc1ccc(S(=O)(=O)N2CCCCCC2)c(Cl)c1. The second-order valence-corrected chi connectivity index (χ2v) is 7.07. The van der Waals surface area contributed by atoms with Crippen LogP contribution in [0.5, 0.6) is 0 Å². The lowest BCUT2D eigenvalue weighted by atomic mass is 10.2. The first-order valence-electron chi connectivity index (χ1n) is 6.28. The van der Waals surface area contributed by atoms with Crippen molar-refractivity contribution in [2.75, 3.05) is 13.1 Å². The van der Waals surface area contributed by atoms with E-state index >= 15 is 0 Å². The Balaban J connectivity index is 2.34. The smallest absolute Gasteiger partial charge is 0.207 e. The number of hydrogen-bond donors (Lipinski definition) is 0. The van der Waals surface area contributed by atoms with Crippen LogP contribution >= 0.6 is 11.6 Å². The molecule has 1 fully saturated rings. The quantitative estimate of drug-likeness (QED) is 0.837. The van der Waals surface area contributed by atoms with Gasteiger partial charge in [-0.05, 0) is 37.5 Å². The Labute approximate surface area is 114 Å². The van der Waals surface area contributed by atoms with Gasteiger partial charge in [0.15, 0.2) is 0 Å². The molecular formula is C13H18ClNO2S. The van der Waals surface area contributed by atoms with Gasteiger partial charge in [0, 0.05) is 13.1 Å². The summed E-state index contributed by atoms with van der Waals surface area (Å²) in [5.74, 6) is 0. The molecule has 0 atom stereocenters. The first-order chi connectivity index (χ1) is 8.51. The van der Waals surface area contributed by atoms with E-state index < -0.39 is 10.0 Å². The maximum Gasteiger partial charge on any atom is 0.244 e. The van der Waals surface area contributed by atoms with Crippen LogP contribution in [0.3, 0.4) is 0 Å². The van der Waals surface area contributed by atoms with E-state index in [0.29, 0.717) is 18.1 Å². The van der Waals surface area contributed by atoms with Gasteiger partial charge >= 0.3 is 0 Å². The molecule has 0 amide bonds. The highest BCUT2D eigenvalue weighted by atomic mass is 35.5. The Morgan fingerprint density at radius 3 is 2.28 bits per heavy atom. The highest BCUT2D eigenvalue weighted by Crippen LogP contribution is 2.27. The van der Waals surface area contributed by atoms with Crippen molar-refractivity contribution in [3.8, 4) is 0 Å². The summed E-state index contributed by atoms with van der Waals surface area (Å²) in [6.07, 6.45) is 4.08. The molecule has 0 spiro atoms. The lowest BCUT2D eigenvalue weighted by Gasteiger charge is -2.20. The molecule has 0 aromatic heterocycles. The lowest BCUT2D eigenvalue weighted by molar-refractivity contribution is 0.424. The Morgan fingerprint density at radius 2 is 1.72 bits per heavy atom. The summed E-state index contributed by atoms with van der Waals surface area (Å²) in [7, 11) is -3.43. The van der Waals surface area contributed by atoms with E-state index in [4.69, 9.17) is 11.6 Å². The topological polar surface area (TPSA) is 37.4 Å². The van der Waals surface area contributed by atoms with Gasteiger partial charge in [-0.3, -0.25) is 0 Å². The second-order valence-electron chi connectivity index (χ2n) is 4.75. The van der Waals surface area contributed by atoms with Gasteiger partial charge in [-0.1, -0.05) is 30.5 Å². The highest BCUT2D eigenvalue weighted by molar-refractivity contribution is 7.89. The predicted octanol–water partition coefficient (Wildman–Crippen LogP) is 3.21. The van der Waals surface area contributed by atoms with Crippen molar-refractivity contribution in [3.63, 3.8) is 0 Å². The zero-order chi connectivity index (χ0) is 13.2. The molecule has 0 radical (unpaired) electrons. The summed E-state index contributed by atoms with van der Waals surface area (Å²) in [6, 6.07) is 5.10. The molecule has 0 unspecified atom stereocenters. The standard InChI is InChI=1S/C13H18ClNO2S/c1-11-6-7-13(12(14)10-11)18(16,17)15-8-4-2-3-5-9-15/h6-7,10H,2-5,8-9H2,1H3. The number of aryl methyl sites for hydroxylation is 1. The summed E-state index contributed by atoms with van der Waals surface area (Å²) < 4.78 is 26.6. The van der Waals surface area contributed by atoms with E-state index in [0.717, 1.165) is 31.2 Å². The van der Waals surface area contributed by atoms with Crippen LogP contribution in [-0.2, 0) is 10.0 Å². The van der Waals surface area contributed by atoms with Crippen molar-refractivity contribution in [1.82, 2.24) is 4.31 Å². The largest absolute Gasteiger partial charge is 0.244 e. The van der Waals surface area contributed by atoms with Gasteiger partial charge in [0.25, 0.3) is 0 Å². The minimum Gasteiger partial charge on any atom is -0.207 e. The normalized spacial score (nSPS) is 18.6. The molecule has 18 heavy (non-hydrogen) atoms. The van der Waals surface area contributed by atoms with Crippen LogP contribution < -0.4 is 0 Å². The summed E-state index contributed by atoms with van der Waals surface area (Å²) in [4.78, 5) is 0.233. The van der Waals surface area contributed by atoms with Crippen molar-refractivity contribution in [3.05, 3.63) is 28.8 Å². The molecule has 0 bridgehead atoms. The first-order valence-corrected chi connectivity index (χ1v) is 8.10. The molecule has 3 nitrogen and oxygen atoms in total. The summed E-state index contributed by atoms with van der Waals surface area (Å²) in [5.41, 5.74) is 0.967. The van der Waals surface area contributed by atoms with Crippen molar-refractivity contribution in [1.29, 1.82) is 0 Å². The van der Waals surface area contributed by atoms with E-state index in [2.05, 4.69) is 0 Å². The minimum atomic E-state index is -3.43. The molecule has 1 heterocycles. The number of hydrogen-bond acceptors (Lipinski definition) is 2. The third kappa shape index (κ3) is 2.87. The number of rotatable bonds is 2. The average molecular weight is 288 g/mol. The molecule has 5 heteroatoms. The molecule has 1 aliphatic heterocycles. The average Bonchev–Trinajstić information content (AvgIpc) is 2.57. The van der Waals surface area contributed by atoms with Crippen LogP contribution in [0.25, 0.3) is 0 Å². The van der Waals surface area contributed by atoms with Crippen LogP contribution in [0.2, 0.25) is 5.02 Å². The molecule has 2 rings (SSSR count). The number of benzene rings is 1. The van der Waals surface area contributed by atoms with Crippen molar-refractivity contribution in [2.24, 2.45) is 0 Å². The van der Waals surface area contributed by atoms with E-state index in [-0.39, 0.29) is 4.90 Å². The Kier molecular flexibility index (Phi) is 4.30. The zero-order valence-electron chi connectivity index (χ0n) is 10.5. The second kappa shape index (κ2) is 5.59. The van der Waals surface area contributed by atoms with E-state index in [9.17, 15) is 8.42 Å². The maximum absolute atomic E-state index is 12.5. The van der Waals surface area contributed by atoms with Crippen LogP contribution in [0.1, 0.15) is 31.2 Å². The molecule has 0 saturated carbocycles. The summed E-state index contributed by atoms with van der Waals surface area (Å²) in [5, 5.41) is 0.319. The van der Waals surface area contributed by atoms with Gasteiger partial charge in [-0.25, -0.2) is 8.42 Å². The van der Waals surface area contributed by atoms with Crippen LogP contribution in [0.15, 0.2) is 23.1 Å². The molecule has 1 aromatic carbocycles. The monoisotopic (exact) mass is 287 g/mol. The van der Waals surface area contributed by atoms with Crippen LogP contribution in [0.4, 0.5) is 0 Å². The minimum absolute atomic E-state index is 0.233. The molecule has 0 aliphatic carbocycles. The van der Waals surface area contributed by atoms with Gasteiger partial charge in [-0.2, -0.15) is 4.31 Å². The molecule has 1 aliphatic rings. The number of sulfonamides is 1. The Bertz CT molecular complexity index is 520. The van der Waals surface area contributed by atoms with Gasteiger partial charge < -0.3 is 0 Å². The third-order valence-electron chi connectivity index (χ3n) is 3.27. The Morgan fingerprint density at radius 1 is 1.11 bits per heavy atom. The summed E-state index contributed by atoms with van der Waals surface area (Å²) in [6.45, 7) is 3.10. The van der Waals surface area contributed by atoms with E-state index in [1.54, 1.807) is 22.5 Å². The highest BCUT2D eigenvalue weighted by Gasteiger charge is 2.26. The van der Waals surface area contributed by atoms with Crippen molar-refractivity contribution < 1.29 is 8.42 Å². The van der Waals surface area contributed by atoms with Crippen molar-refractivity contribution in [2.45, 2.75) is 37.5 Å². The van der Waals surface area contributed by atoms with Crippen LogP contribution in [-0.4, -0.2) is 25.8 Å². The van der Waals surface area contributed by atoms with E-state index in [1.165, 1.54) is 0 Å². The van der Waals surface area contributed by atoms with Gasteiger partial charge in [0.05, 0.1) is 5.02 Å². The molecular weight excluding hydrogens is 270 g/mol. The van der Waals surface area contributed by atoms with Gasteiger partial charge in [0.2, 0.25) is 10.0 Å². The molecule has 0 N–H and O–H groups in total.